The second kappa shape index (κ2) is 21.6. The number of rotatable bonds is 15. The Morgan fingerprint density at radius 3 is 1.44 bits per heavy atom. The van der Waals surface area contributed by atoms with E-state index < -0.39 is 0 Å². The summed E-state index contributed by atoms with van der Waals surface area (Å²) >= 11 is 0. The van der Waals surface area contributed by atoms with Crippen molar-refractivity contribution in [3.05, 3.63) is 84.0 Å². The molecule has 0 fully saturated rings. The summed E-state index contributed by atoms with van der Waals surface area (Å²) in [6.07, 6.45) is 7.00. The molecule has 2 atom stereocenters. The first-order valence-corrected chi connectivity index (χ1v) is 19.9. The van der Waals surface area contributed by atoms with Crippen LogP contribution in [0.2, 0.25) is 0 Å². The highest BCUT2D eigenvalue weighted by Crippen LogP contribution is 2.51. The minimum Gasteiger partial charge on any atom is -0.100 e. The lowest BCUT2D eigenvalue weighted by Crippen LogP contribution is -2.38. The molecule has 1 aromatic carbocycles. The minimum atomic E-state index is 0.145. The lowest BCUT2D eigenvalue weighted by atomic mass is 9.58. The Bertz CT molecular complexity index is 1150. The number of benzene rings is 1. The van der Waals surface area contributed by atoms with Gasteiger partial charge in [0.1, 0.15) is 0 Å². The summed E-state index contributed by atoms with van der Waals surface area (Å²) in [6.45, 7) is 66.5. The molecule has 292 valence electrons. The van der Waals surface area contributed by atoms with E-state index in [0.717, 1.165) is 12.8 Å². The van der Waals surface area contributed by atoms with E-state index in [2.05, 4.69) is 175 Å². The van der Waals surface area contributed by atoms with E-state index in [4.69, 9.17) is 0 Å². The fraction of sp³-hybridized carbons (Fsp3) is 0.720. The van der Waals surface area contributed by atoms with Gasteiger partial charge >= 0.3 is 0 Å². The summed E-state index contributed by atoms with van der Waals surface area (Å²) in [6, 6.07) is 9.12. The Morgan fingerprint density at radius 2 is 1.10 bits per heavy atom. The summed E-state index contributed by atoms with van der Waals surface area (Å²) in [7, 11) is 0. The Morgan fingerprint density at radius 1 is 0.680 bits per heavy atom. The quantitative estimate of drug-likeness (QED) is 0.161. The molecule has 2 unspecified atom stereocenters. The summed E-state index contributed by atoms with van der Waals surface area (Å²) in [5.74, 6) is 1.16. The lowest BCUT2D eigenvalue weighted by molar-refractivity contribution is 0.0352. The SMILES string of the molecule is C=C(C)C.C=C(C)CC(CC(=C)C(C)(C)C(C)(C)CCC)C(=C)C.CC.Cc1ccc(C(C)(C)CC(C)C(C)(C)CC(C)(C)C(C)(C)C)cc1. The van der Waals surface area contributed by atoms with Crippen LogP contribution in [0.1, 0.15) is 195 Å². The van der Waals surface area contributed by atoms with Gasteiger partial charge in [0.05, 0.1) is 0 Å². The first kappa shape index (κ1) is 52.5. The number of hydrogen-bond acceptors (Lipinski definition) is 0. The third-order valence-corrected chi connectivity index (χ3v) is 12.1. The van der Waals surface area contributed by atoms with Crippen LogP contribution in [0.3, 0.4) is 0 Å². The molecular weight excluding hydrogens is 601 g/mol. The second-order valence-corrected chi connectivity index (χ2v) is 20.1. The van der Waals surface area contributed by atoms with Crippen molar-refractivity contribution in [2.75, 3.05) is 0 Å². The molecule has 0 aliphatic heterocycles. The highest BCUT2D eigenvalue weighted by molar-refractivity contribution is 5.27. The fourth-order valence-corrected chi connectivity index (χ4v) is 6.55. The van der Waals surface area contributed by atoms with Crippen LogP contribution in [0, 0.1) is 45.8 Å². The molecule has 0 bridgehead atoms. The van der Waals surface area contributed by atoms with Gasteiger partial charge in [0, 0.05) is 0 Å². The molecule has 0 saturated heterocycles. The normalized spacial score (nSPS) is 13.6. The van der Waals surface area contributed by atoms with E-state index in [9.17, 15) is 0 Å². The van der Waals surface area contributed by atoms with Crippen LogP contribution < -0.4 is 0 Å². The summed E-state index contributed by atoms with van der Waals surface area (Å²) in [4.78, 5) is 0. The van der Waals surface area contributed by atoms with Gasteiger partial charge in [0.2, 0.25) is 0 Å². The van der Waals surface area contributed by atoms with Gasteiger partial charge in [-0.2, -0.15) is 0 Å². The molecule has 0 N–H and O–H groups in total. The van der Waals surface area contributed by atoms with Crippen molar-refractivity contribution in [3.63, 3.8) is 0 Å². The average molecular weight is 693 g/mol. The Balaban J connectivity index is -0.000000772. The minimum absolute atomic E-state index is 0.145. The number of hydrogen-bond donors (Lipinski definition) is 0. The highest BCUT2D eigenvalue weighted by atomic mass is 14.5. The third kappa shape index (κ3) is 18.6. The molecule has 0 aromatic heterocycles. The van der Waals surface area contributed by atoms with Crippen LogP contribution >= 0.6 is 0 Å². The monoisotopic (exact) mass is 693 g/mol. The fourth-order valence-electron chi connectivity index (χ4n) is 6.55. The van der Waals surface area contributed by atoms with Crippen molar-refractivity contribution in [3.8, 4) is 0 Å². The van der Waals surface area contributed by atoms with Gasteiger partial charge < -0.3 is 0 Å². The molecule has 0 nitrogen and oxygen atoms in total. The van der Waals surface area contributed by atoms with Crippen molar-refractivity contribution in [1.29, 1.82) is 0 Å². The molecular formula is C50H92. The van der Waals surface area contributed by atoms with Gasteiger partial charge in [-0.25, -0.2) is 0 Å². The number of allylic oxidation sites excluding steroid dienone is 4. The van der Waals surface area contributed by atoms with Gasteiger partial charge in [-0.3, -0.25) is 0 Å². The molecule has 1 rings (SSSR count). The van der Waals surface area contributed by atoms with Gasteiger partial charge in [-0.05, 0) is 117 Å². The van der Waals surface area contributed by atoms with E-state index in [0.29, 0.717) is 28.1 Å². The van der Waals surface area contributed by atoms with Crippen LogP contribution in [0.5, 0.6) is 0 Å². The first-order valence-electron chi connectivity index (χ1n) is 19.9. The summed E-state index contributed by atoms with van der Waals surface area (Å²) < 4.78 is 0. The van der Waals surface area contributed by atoms with Crippen molar-refractivity contribution in [2.24, 2.45) is 38.9 Å². The van der Waals surface area contributed by atoms with Crippen molar-refractivity contribution in [1.82, 2.24) is 0 Å². The van der Waals surface area contributed by atoms with Crippen molar-refractivity contribution >= 4 is 0 Å². The van der Waals surface area contributed by atoms with E-state index in [1.807, 2.05) is 27.7 Å². The molecule has 0 aliphatic rings. The summed E-state index contributed by atoms with van der Waals surface area (Å²) in [5, 5.41) is 0. The van der Waals surface area contributed by atoms with Crippen LogP contribution in [0.15, 0.2) is 72.9 Å². The maximum atomic E-state index is 4.43. The Hall–Kier alpha value is -1.82. The summed E-state index contributed by atoms with van der Waals surface area (Å²) in [5.41, 5.74) is 9.44. The van der Waals surface area contributed by atoms with Crippen LogP contribution in [0.25, 0.3) is 0 Å². The first-order chi connectivity index (χ1) is 22.3. The standard InChI is InChI=1S/C24H42.C20H36.C4H8.C2H6/c1-18-12-14-20(15-13-18)22(6,7)16-19(2)23(8,9)17-24(10,11)21(3,4)5;1-11-12-19(7,8)20(9,10)17(6)14-18(16(4)5)13-15(2)3;1-4(2)3;1-2/h12-15,19H,16-17H2,1-11H3;18H,2,4,6,11-14H2,1,3,5,7-10H3;1H2,2-3H3;1-2H3. The average Bonchev–Trinajstić information content (AvgIpc) is 2.92. The highest BCUT2D eigenvalue weighted by Gasteiger charge is 2.41. The predicted molar refractivity (Wildman–Crippen MR) is 235 cm³/mol. The third-order valence-electron chi connectivity index (χ3n) is 12.1. The zero-order valence-electron chi connectivity index (χ0n) is 38.5. The smallest absolute Gasteiger partial charge is 0.00960 e. The van der Waals surface area contributed by atoms with Crippen LogP contribution in [-0.4, -0.2) is 0 Å². The predicted octanol–water partition coefficient (Wildman–Crippen LogP) is 17.3. The molecule has 0 heterocycles. The Labute approximate surface area is 318 Å². The van der Waals surface area contributed by atoms with E-state index >= 15 is 0 Å². The lowest BCUT2D eigenvalue weighted by Gasteiger charge is -2.47. The van der Waals surface area contributed by atoms with E-state index in [-0.39, 0.29) is 16.2 Å². The van der Waals surface area contributed by atoms with Crippen molar-refractivity contribution in [2.45, 2.75) is 196 Å². The second-order valence-electron chi connectivity index (χ2n) is 20.1. The molecule has 0 aliphatic carbocycles. The molecule has 1 aromatic rings. The topological polar surface area (TPSA) is 0 Å². The van der Waals surface area contributed by atoms with Gasteiger partial charge in [0.25, 0.3) is 0 Å². The van der Waals surface area contributed by atoms with Gasteiger partial charge in [-0.1, -0.05) is 189 Å². The van der Waals surface area contributed by atoms with Crippen LogP contribution in [0.4, 0.5) is 0 Å². The molecule has 0 spiro atoms. The molecule has 0 radical (unpaired) electrons. The van der Waals surface area contributed by atoms with Crippen molar-refractivity contribution < 1.29 is 0 Å². The van der Waals surface area contributed by atoms with Gasteiger partial charge in [-0.15, -0.1) is 13.2 Å². The van der Waals surface area contributed by atoms with E-state index in [1.54, 1.807) is 0 Å². The zero-order valence-corrected chi connectivity index (χ0v) is 38.5. The largest absolute Gasteiger partial charge is 0.100 e. The number of aryl methyl sites for hydroxylation is 1. The molecule has 50 heavy (non-hydrogen) atoms. The Kier molecular flexibility index (Phi) is 22.7. The van der Waals surface area contributed by atoms with E-state index in [1.165, 1.54) is 59.1 Å². The zero-order chi connectivity index (χ0) is 40.7. The van der Waals surface area contributed by atoms with Gasteiger partial charge in [0.15, 0.2) is 0 Å². The maximum Gasteiger partial charge on any atom is -0.00960 e. The van der Waals surface area contributed by atoms with Crippen LogP contribution in [-0.2, 0) is 5.41 Å². The molecule has 0 saturated carbocycles. The molecule has 0 amide bonds. The maximum absolute atomic E-state index is 4.43. The molecule has 0 heteroatoms.